The van der Waals surface area contributed by atoms with Crippen molar-refractivity contribution in [1.82, 2.24) is 4.98 Å². The van der Waals surface area contributed by atoms with Crippen LogP contribution in [0.25, 0.3) is 10.2 Å². The number of amides is 1. The Morgan fingerprint density at radius 2 is 2.09 bits per heavy atom. The summed E-state index contributed by atoms with van der Waals surface area (Å²) in [4.78, 5) is 27.0. The number of thiazole rings is 1. The summed E-state index contributed by atoms with van der Waals surface area (Å²) in [5.41, 5.74) is 2.12. The Balaban J connectivity index is 1.88. The van der Waals surface area contributed by atoms with Gasteiger partial charge in [-0.3, -0.25) is 20.2 Å². The second kappa shape index (κ2) is 6.13. The van der Waals surface area contributed by atoms with E-state index >= 15 is 0 Å². The first-order chi connectivity index (χ1) is 11.1. The lowest BCUT2D eigenvalue weighted by Crippen LogP contribution is -2.11. The second-order valence-corrected chi connectivity index (χ2v) is 5.93. The fourth-order valence-corrected chi connectivity index (χ4v) is 3.18. The van der Waals surface area contributed by atoms with Crippen molar-refractivity contribution < 1.29 is 9.72 Å². The summed E-state index contributed by atoms with van der Waals surface area (Å²) in [6, 6.07) is 11.5. The number of fused-ring (bicyclic) bond motifs is 1. The molecule has 0 aliphatic heterocycles. The number of carbonyl (C=O) groups is 1. The minimum Gasteiger partial charge on any atom is -0.298 e. The number of rotatable bonds is 4. The van der Waals surface area contributed by atoms with Crippen molar-refractivity contribution in [1.29, 1.82) is 0 Å². The standard InChI is InChI=1S/C16H13N3O3S/c1-2-10-5-4-8-13-14(10)17-16(23-13)18-15(20)11-6-3-7-12(9-11)19(21)22/h3-9H,2H2,1H3,(H,17,18,20). The number of carbonyl (C=O) groups excluding carboxylic acids is 1. The third-order valence-electron chi connectivity index (χ3n) is 3.42. The zero-order valence-corrected chi connectivity index (χ0v) is 13.1. The molecule has 6 nitrogen and oxygen atoms in total. The van der Waals surface area contributed by atoms with E-state index in [0.29, 0.717) is 5.13 Å². The van der Waals surface area contributed by atoms with E-state index in [9.17, 15) is 14.9 Å². The highest BCUT2D eigenvalue weighted by Crippen LogP contribution is 2.29. The SMILES string of the molecule is CCc1cccc2sc(NC(=O)c3cccc([N+](=O)[O-])c3)nc12. The molecule has 0 saturated heterocycles. The Labute approximate surface area is 135 Å². The molecule has 1 aromatic heterocycles. The van der Waals surface area contributed by atoms with Crippen molar-refractivity contribution in [3.63, 3.8) is 0 Å². The number of para-hydroxylation sites is 1. The van der Waals surface area contributed by atoms with Gasteiger partial charge in [-0.05, 0) is 24.1 Å². The fourth-order valence-electron chi connectivity index (χ4n) is 2.27. The average molecular weight is 327 g/mol. The van der Waals surface area contributed by atoms with Crippen LogP contribution in [0.15, 0.2) is 42.5 Å². The van der Waals surface area contributed by atoms with Gasteiger partial charge in [-0.2, -0.15) is 0 Å². The molecule has 0 aliphatic rings. The lowest BCUT2D eigenvalue weighted by atomic mass is 10.1. The number of nitrogens with one attached hydrogen (secondary N) is 1. The lowest BCUT2D eigenvalue weighted by molar-refractivity contribution is -0.384. The molecular formula is C16H13N3O3S. The van der Waals surface area contributed by atoms with Gasteiger partial charge in [-0.15, -0.1) is 0 Å². The minimum atomic E-state index is -0.526. The van der Waals surface area contributed by atoms with Gasteiger partial charge in [-0.25, -0.2) is 4.98 Å². The van der Waals surface area contributed by atoms with Crippen LogP contribution in [0.1, 0.15) is 22.8 Å². The first kappa shape index (κ1) is 15.1. The van der Waals surface area contributed by atoms with Crippen LogP contribution >= 0.6 is 11.3 Å². The Kier molecular flexibility index (Phi) is 4.03. The van der Waals surface area contributed by atoms with E-state index in [1.54, 1.807) is 0 Å². The molecule has 1 amide bonds. The highest BCUT2D eigenvalue weighted by molar-refractivity contribution is 7.22. The van der Waals surface area contributed by atoms with Crippen LogP contribution < -0.4 is 5.32 Å². The molecule has 0 radical (unpaired) electrons. The number of hydrogen-bond acceptors (Lipinski definition) is 5. The molecule has 1 heterocycles. The highest BCUT2D eigenvalue weighted by Gasteiger charge is 2.14. The van der Waals surface area contributed by atoms with Crippen molar-refractivity contribution in [2.24, 2.45) is 0 Å². The summed E-state index contributed by atoms with van der Waals surface area (Å²) in [6.45, 7) is 2.05. The van der Waals surface area contributed by atoms with Crippen LogP contribution in [-0.4, -0.2) is 15.8 Å². The highest BCUT2D eigenvalue weighted by atomic mass is 32.1. The van der Waals surface area contributed by atoms with Crippen LogP contribution in [0.2, 0.25) is 0 Å². The van der Waals surface area contributed by atoms with Gasteiger partial charge in [0.05, 0.1) is 15.1 Å². The summed E-state index contributed by atoms with van der Waals surface area (Å²) in [6.07, 6.45) is 0.860. The topological polar surface area (TPSA) is 85.1 Å². The van der Waals surface area contributed by atoms with Crippen molar-refractivity contribution >= 4 is 38.3 Å². The first-order valence-corrected chi connectivity index (χ1v) is 7.84. The van der Waals surface area contributed by atoms with Gasteiger partial charge in [0.1, 0.15) is 0 Å². The minimum absolute atomic E-state index is 0.116. The summed E-state index contributed by atoms with van der Waals surface area (Å²) in [7, 11) is 0. The summed E-state index contributed by atoms with van der Waals surface area (Å²) >= 11 is 1.38. The molecular weight excluding hydrogens is 314 g/mol. The number of aromatic nitrogens is 1. The van der Waals surface area contributed by atoms with Gasteiger partial charge >= 0.3 is 0 Å². The maximum atomic E-state index is 12.3. The Hall–Kier alpha value is -2.80. The molecule has 3 aromatic rings. The van der Waals surface area contributed by atoms with Gasteiger partial charge in [0.25, 0.3) is 11.6 Å². The van der Waals surface area contributed by atoms with E-state index < -0.39 is 10.8 Å². The maximum Gasteiger partial charge on any atom is 0.270 e. The van der Waals surface area contributed by atoms with E-state index in [2.05, 4.69) is 17.2 Å². The maximum absolute atomic E-state index is 12.3. The number of benzene rings is 2. The molecule has 1 N–H and O–H groups in total. The van der Waals surface area contributed by atoms with Crippen LogP contribution in [0.3, 0.4) is 0 Å². The number of aryl methyl sites for hydroxylation is 1. The zero-order valence-electron chi connectivity index (χ0n) is 12.3. The summed E-state index contributed by atoms with van der Waals surface area (Å²) in [5.74, 6) is -0.411. The number of nitro benzene ring substituents is 1. The molecule has 0 bridgehead atoms. The smallest absolute Gasteiger partial charge is 0.270 e. The van der Waals surface area contributed by atoms with Gasteiger partial charge in [0.15, 0.2) is 5.13 Å². The van der Waals surface area contributed by atoms with Crippen molar-refractivity contribution in [3.05, 3.63) is 63.7 Å². The quantitative estimate of drug-likeness (QED) is 0.579. The third kappa shape index (κ3) is 3.04. The molecule has 116 valence electrons. The molecule has 23 heavy (non-hydrogen) atoms. The number of non-ortho nitro benzene ring substituents is 1. The van der Waals surface area contributed by atoms with E-state index in [4.69, 9.17) is 0 Å². The predicted octanol–water partition coefficient (Wildman–Crippen LogP) is 4.02. The van der Waals surface area contributed by atoms with Crippen molar-refractivity contribution in [2.75, 3.05) is 5.32 Å². The molecule has 3 rings (SSSR count). The van der Waals surface area contributed by atoms with Gasteiger partial charge in [-0.1, -0.05) is 36.5 Å². The van der Waals surface area contributed by atoms with Crippen molar-refractivity contribution in [2.45, 2.75) is 13.3 Å². The number of hydrogen-bond donors (Lipinski definition) is 1. The Morgan fingerprint density at radius 1 is 1.30 bits per heavy atom. The second-order valence-electron chi connectivity index (χ2n) is 4.90. The molecule has 0 saturated carbocycles. The zero-order chi connectivity index (χ0) is 16.4. The Bertz CT molecular complexity index is 904. The predicted molar refractivity (Wildman–Crippen MR) is 90.0 cm³/mol. The molecule has 0 spiro atoms. The molecule has 0 atom stereocenters. The van der Waals surface area contributed by atoms with Crippen LogP contribution in [0.4, 0.5) is 10.8 Å². The van der Waals surface area contributed by atoms with E-state index in [1.165, 1.54) is 35.6 Å². The average Bonchev–Trinajstić information content (AvgIpc) is 2.97. The lowest BCUT2D eigenvalue weighted by Gasteiger charge is -2.01. The first-order valence-electron chi connectivity index (χ1n) is 7.02. The normalized spacial score (nSPS) is 10.7. The summed E-state index contributed by atoms with van der Waals surface area (Å²) in [5, 5.41) is 14.0. The molecule has 2 aromatic carbocycles. The van der Waals surface area contributed by atoms with Crippen molar-refractivity contribution in [3.8, 4) is 0 Å². The molecule has 0 fully saturated rings. The monoisotopic (exact) mass is 327 g/mol. The van der Waals surface area contributed by atoms with Gasteiger partial charge < -0.3 is 0 Å². The van der Waals surface area contributed by atoms with Crippen LogP contribution in [0, 0.1) is 10.1 Å². The number of nitrogens with zero attached hydrogens (tertiary/aromatic N) is 2. The van der Waals surface area contributed by atoms with Gasteiger partial charge in [0, 0.05) is 17.7 Å². The van der Waals surface area contributed by atoms with E-state index in [-0.39, 0.29) is 11.3 Å². The van der Waals surface area contributed by atoms with Gasteiger partial charge in [0.2, 0.25) is 0 Å². The van der Waals surface area contributed by atoms with Crippen LogP contribution in [-0.2, 0) is 6.42 Å². The van der Waals surface area contributed by atoms with Crippen LogP contribution in [0.5, 0.6) is 0 Å². The largest absolute Gasteiger partial charge is 0.298 e. The summed E-state index contributed by atoms with van der Waals surface area (Å²) < 4.78 is 0.999. The van der Waals surface area contributed by atoms with E-state index in [1.807, 2.05) is 18.2 Å². The molecule has 0 aliphatic carbocycles. The Morgan fingerprint density at radius 3 is 2.83 bits per heavy atom. The molecule has 7 heteroatoms. The number of anilines is 1. The molecule has 0 unspecified atom stereocenters. The fraction of sp³-hybridized carbons (Fsp3) is 0.125. The third-order valence-corrected chi connectivity index (χ3v) is 4.36. The van der Waals surface area contributed by atoms with E-state index in [0.717, 1.165) is 22.2 Å². The number of nitro groups is 1.